The highest BCUT2D eigenvalue weighted by Crippen LogP contribution is 2.19. The van der Waals surface area contributed by atoms with Crippen molar-refractivity contribution in [3.8, 4) is 0 Å². The van der Waals surface area contributed by atoms with Crippen LogP contribution in [0.5, 0.6) is 0 Å². The third-order valence-electron chi connectivity index (χ3n) is 2.89. The van der Waals surface area contributed by atoms with Crippen LogP contribution in [0, 0.1) is 5.92 Å². The molecular formula is C15H22O2S. The molecule has 1 unspecified atom stereocenters. The van der Waals surface area contributed by atoms with E-state index in [9.17, 15) is 4.79 Å². The number of carbonyl (C=O) groups excluding carboxylic acids is 1. The van der Waals surface area contributed by atoms with Gasteiger partial charge in [-0.05, 0) is 17.0 Å². The van der Waals surface area contributed by atoms with Gasteiger partial charge in [0.2, 0.25) is 0 Å². The third-order valence-corrected chi connectivity index (χ3v) is 4.16. The van der Waals surface area contributed by atoms with Crippen molar-refractivity contribution in [3.05, 3.63) is 35.4 Å². The lowest BCUT2D eigenvalue weighted by Crippen LogP contribution is -2.14. The molecule has 1 aromatic carbocycles. The van der Waals surface area contributed by atoms with Crippen molar-refractivity contribution in [2.24, 2.45) is 5.92 Å². The smallest absolute Gasteiger partial charge is 0.309 e. The van der Waals surface area contributed by atoms with E-state index >= 15 is 0 Å². The normalized spacial score (nSPS) is 12.5. The molecule has 1 aromatic rings. The van der Waals surface area contributed by atoms with E-state index in [4.69, 9.17) is 4.74 Å². The summed E-state index contributed by atoms with van der Waals surface area (Å²) >= 11 is 1.77. The highest BCUT2D eigenvalue weighted by Gasteiger charge is 2.12. The molecule has 0 aromatic heterocycles. The Hall–Kier alpha value is -0.960. The monoisotopic (exact) mass is 266 g/mol. The summed E-state index contributed by atoms with van der Waals surface area (Å²) in [5.74, 6) is 2.16. The molecule has 0 saturated heterocycles. The molecule has 0 aliphatic carbocycles. The van der Waals surface area contributed by atoms with Crippen LogP contribution in [0.25, 0.3) is 0 Å². The predicted molar refractivity (Wildman–Crippen MR) is 77.9 cm³/mol. The van der Waals surface area contributed by atoms with E-state index in [-0.39, 0.29) is 11.9 Å². The van der Waals surface area contributed by atoms with Gasteiger partial charge >= 0.3 is 5.97 Å². The summed E-state index contributed by atoms with van der Waals surface area (Å²) in [5.41, 5.74) is 2.67. The van der Waals surface area contributed by atoms with Gasteiger partial charge in [-0.3, -0.25) is 4.79 Å². The highest BCUT2D eigenvalue weighted by molar-refractivity contribution is 7.98. The molecule has 0 amide bonds. The number of methoxy groups -OCH3 is 1. The van der Waals surface area contributed by atoms with Crippen LogP contribution >= 0.6 is 11.8 Å². The Labute approximate surface area is 114 Å². The van der Waals surface area contributed by atoms with Gasteiger partial charge in [0.05, 0.1) is 13.0 Å². The number of rotatable bonds is 6. The summed E-state index contributed by atoms with van der Waals surface area (Å²) in [6, 6.07) is 8.71. The van der Waals surface area contributed by atoms with Gasteiger partial charge in [-0.25, -0.2) is 0 Å². The first-order valence-electron chi connectivity index (χ1n) is 6.29. The van der Waals surface area contributed by atoms with E-state index in [1.54, 1.807) is 11.8 Å². The maximum atomic E-state index is 11.2. The van der Waals surface area contributed by atoms with Gasteiger partial charge in [-0.2, -0.15) is 11.8 Å². The zero-order valence-electron chi connectivity index (χ0n) is 11.6. The molecule has 18 heavy (non-hydrogen) atoms. The van der Waals surface area contributed by atoms with Crippen LogP contribution < -0.4 is 0 Å². The number of thioether (sulfide) groups is 1. The van der Waals surface area contributed by atoms with Gasteiger partial charge in [-0.1, -0.05) is 45.0 Å². The van der Waals surface area contributed by atoms with Crippen LogP contribution in [-0.2, 0) is 15.3 Å². The van der Waals surface area contributed by atoms with E-state index in [0.717, 1.165) is 11.5 Å². The molecule has 3 heteroatoms. The van der Waals surface area contributed by atoms with Gasteiger partial charge in [0.25, 0.3) is 0 Å². The first kappa shape index (κ1) is 15.1. The van der Waals surface area contributed by atoms with Crippen LogP contribution in [0.4, 0.5) is 0 Å². The second-order valence-electron chi connectivity index (χ2n) is 4.84. The molecule has 0 spiro atoms. The molecule has 0 heterocycles. The molecule has 0 aliphatic heterocycles. The lowest BCUT2D eigenvalue weighted by Gasteiger charge is -2.09. The number of hydrogen-bond acceptors (Lipinski definition) is 3. The van der Waals surface area contributed by atoms with E-state index < -0.39 is 0 Å². The van der Waals surface area contributed by atoms with Crippen molar-refractivity contribution in [1.82, 2.24) is 0 Å². The topological polar surface area (TPSA) is 26.3 Å². The fraction of sp³-hybridized carbons (Fsp3) is 0.533. The molecule has 0 fully saturated rings. The Kier molecular flexibility index (Phi) is 6.27. The second-order valence-corrected chi connectivity index (χ2v) is 5.87. The van der Waals surface area contributed by atoms with Gasteiger partial charge in [0, 0.05) is 11.5 Å². The molecule has 0 aliphatic rings. The number of benzene rings is 1. The third kappa shape index (κ3) is 4.73. The van der Waals surface area contributed by atoms with Crippen molar-refractivity contribution in [3.63, 3.8) is 0 Å². The van der Waals surface area contributed by atoms with E-state index in [0.29, 0.717) is 5.92 Å². The Balaban J connectivity index is 2.38. The first-order valence-corrected chi connectivity index (χ1v) is 7.44. The molecular weight excluding hydrogens is 244 g/mol. The minimum atomic E-state index is -0.127. The maximum absolute atomic E-state index is 11.2. The van der Waals surface area contributed by atoms with Gasteiger partial charge in [-0.15, -0.1) is 0 Å². The Morgan fingerprint density at radius 1 is 1.22 bits per heavy atom. The van der Waals surface area contributed by atoms with Gasteiger partial charge in [0.15, 0.2) is 0 Å². The summed E-state index contributed by atoms with van der Waals surface area (Å²) in [6.07, 6.45) is 0. The molecule has 0 N–H and O–H groups in total. The molecule has 0 saturated carbocycles. The van der Waals surface area contributed by atoms with E-state index in [2.05, 4.69) is 38.1 Å². The minimum Gasteiger partial charge on any atom is -0.469 e. The lowest BCUT2D eigenvalue weighted by atomic mass is 10.0. The number of hydrogen-bond donors (Lipinski definition) is 0. The molecule has 0 radical (unpaired) electrons. The molecule has 2 nitrogen and oxygen atoms in total. The van der Waals surface area contributed by atoms with Crippen molar-refractivity contribution < 1.29 is 9.53 Å². The first-order chi connectivity index (χ1) is 8.54. The minimum absolute atomic E-state index is 0.0325. The van der Waals surface area contributed by atoms with Crippen LogP contribution in [0.3, 0.4) is 0 Å². The Morgan fingerprint density at radius 3 is 2.33 bits per heavy atom. The second kappa shape index (κ2) is 7.47. The standard InChI is InChI=1S/C15H22O2S/c1-11(2)14-7-5-13(6-8-14)10-18-9-12(3)15(16)17-4/h5-8,11-12H,9-10H2,1-4H3. The van der Waals surface area contributed by atoms with Crippen LogP contribution in [-0.4, -0.2) is 18.8 Å². The largest absolute Gasteiger partial charge is 0.469 e. The van der Waals surface area contributed by atoms with Crippen molar-refractivity contribution >= 4 is 17.7 Å². The number of carbonyl (C=O) groups is 1. The zero-order chi connectivity index (χ0) is 13.5. The summed E-state index contributed by atoms with van der Waals surface area (Å²) in [7, 11) is 1.44. The summed E-state index contributed by atoms with van der Waals surface area (Å²) in [6.45, 7) is 6.30. The summed E-state index contributed by atoms with van der Waals surface area (Å²) < 4.78 is 4.70. The van der Waals surface area contributed by atoms with E-state index in [1.165, 1.54) is 18.2 Å². The summed E-state index contributed by atoms with van der Waals surface area (Å²) in [4.78, 5) is 11.2. The SMILES string of the molecule is COC(=O)C(C)CSCc1ccc(C(C)C)cc1. The quantitative estimate of drug-likeness (QED) is 0.732. The van der Waals surface area contributed by atoms with Crippen molar-refractivity contribution in [2.75, 3.05) is 12.9 Å². The van der Waals surface area contributed by atoms with Crippen molar-refractivity contribution in [1.29, 1.82) is 0 Å². The number of ether oxygens (including phenoxy) is 1. The maximum Gasteiger partial charge on any atom is 0.309 e. The summed E-state index contributed by atoms with van der Waals surface area (Å²) in [5, 5.41) is 0. The number of esters is 1. The highest BCUT2D eigenvalue weighted by atomic mass is 32.2. The fourth-order valence-electron chi connectivity index (χ4n) is 1.62. The molecule has 1 atom stereocenters. The average molecular weight is 266 g/mol. The van der Waals surface area contributed by atoms with Crippen LogP contribution in [0.1, 0.15) is 37.8 Å². The van der Waals surface area contributed by atoms with Gasteiger partial charge < -0.3 is 4.74 Å². The Bertz CT molecular complexity index is 371. The van der Waals surface area contributed by atoms with Crippen LogP contribution in [0.15, 0.2) is 24.3 Å². The molecule has 1 rings (SSSR count). The van der Waals surface area contributed by atoms with Gasteiger partial charge in [0.1, 0.15) is 0 Å². The van der Waals surface area contributed by atoms with Crippen molar-refractivity contribution in [2.45, 2.75) is 32.4 Å². The van der Waals surface area contributed by atoms with E-state index in [1.807, 2.05) is 6.92 Å². The lowest BCUT2D eigenvalue weighted by molar-refractivity contribution is -0.143. The Morgan fingerprint density at radius 2 is 1.83 bits per heavy atom. The average Bonchev–Trinajstić information content (AvgIpc) is 2.38. The zero-order valence-corrected chi connectivity index (χ0v) is 12.4. The molecule has 100 valence electrons. The van der Waals surface area contributed by atoms with Crippen LogP contribution in [0.2, 0.25) is 0 Å². The fourth-order valence-corrected chi connectivity index (χ4v) is 2.66. The predicted octanol–water partition coefficient (Wildman–Crippen LogP) is 3.85. The molecule has 0 bridgehead atoms.